The van der Waals surface area contributed by atoms with Gasteiger partial charge in [0.15, 0.2) is 0 Å². The molecule has 0 aliphatic rings. The molecular weight excluding hydrogens is 338 g/mol. The van der Waals surface area contributed by atoms with E-state index in [9.17, 15) is 0 Å². The number of halogens is 1. The van der Waals surface area contributed by atoms with Gasteiger partial charge in [0, 0.05) is 10.3 Å². The van der Waals surface area contributed by atoms with E-state index < -0.39 is 0 Å². The maximum Gasteiger partial charge on any atom is 0.0733 e. The van der Waals surface area contributed by atoms with E-state index in [-0.39, 0.29) is 0 Å². The molecule has 0 saturated heterocycles. The van der Waals surface area contributed by atoms with Crippen molar-refractivity contribution in [3.05, 3.63) is 23.9 Å². The Bertz CT molecular complexity index is 483. The summed E-state index contributed by atoms with van der Waals surface area (Å²) in [6, 6.07) is 6.60. The minimum Gasteiger partial charge on any atom is -0.237 e. The number of thioether (sulfide) groups is 1. The third kappa shape index (κ3) is 2.17. The van der Waals surface area contributed by atoms with E-state index >= 15 is 0 Å². The van der Waals surface area contributed by atoms with Crippen molar-refractivity contribution in [3.63, 3.8) is 0 Å². The average molecular weight is 350 g/mol. The largest absolute Gasteiger partial charge is 0.237 e. The first kappa shape index (κ1) is 11.7. The Morgan fingerprint density at radius 2 is 2.33 bits per heavy atom. The van der Waals surface area contributed by atoms with Gasteiger partial charge in [-0.1, -0.05) is 6.92 Å². The van der Waals surface area contributed by atoms with Crippen LogP contribution in [0.3, 0.4) is 0 Å². The summed E-state index contributed by atoms with van der Waals surface area (Å²) >= 11 is 4.16. The highest BCUT2D eigenvalue weighted by Crippen LogP contribution is 2.32. The fraction of sp³-hybridized carbons (Fsp3) is 0.300. The van der Waals surface area contributed by atoms with Crippen LogP contribution in [0.4, 0.5) is 0 Å². The van der Waals surface area contributed by atoms with Gasteiger partial charge in [0.1, 0.15) is 0 Å². The van der Waals surface area contributed by atoms with Crippen LogP contribution in [-0.4, -0.2) is 15.8 Å². The predicted octanol–water partition coefficient (Wildman–Crippen LogP) is 4.11. The number of benzene rings is 1. The molecule has 1 aromatic heterocycles. The van der Waals surface area contributed by atoms with Crippen LogP contribution in [0, 0.1) is 0 Å². The lowest BCUT2D eigenvalue weighted by Gasteiger charge is -1.98. The molecule has 0 radical (unpaired) electrons. The molecule has 0 saturated carbocycles. The summed E-state index contributed by atoms with van der Waals surface area (Å²) in [6.07, 6.45) is 3.78. The Balaban J connectivity index is 2.68. The monoisotopic (exact) mass is 350 g/mol. The minimum absolute atomic E-state index is 0.674. The number of aryl methyl sites for hydroxylation is 1. The van der Waals surface area contributed by atoms with Crippen molar-refractivity contribution in [1.29, 1.82) is 0 Å². The highest BCUT2D eigenvalue weighted by Gasteiger charge is 2.08. The molecule has 1 aromatic carbocycles. The molecule has 1 heterocycles. The number of hydrogen-bond donors (Lipinski definition) is 0. The molecule has 0 N–H and O–H groups in total. The van der Waals surface area contributed by atoms with Gasteiger partial charge in [-0.2, -0.15) is 5.10 Å². The third-order valence-corrected chi connectivity index (χ3v) is 4.98. The Labute approximate surface area is 109 Å². The lowest BCUT2D eigenvalue weighted by atomic mass is 10.2. The van der Waals surface area contributed by atoms with Gasteiger partial charge in [-0.25, -0.2) is 4.45 Å². The average Bonchev–Trinajstić information content (AvgIpc) is 2.65. The quantitative estimate of drug-likeness (QED) is 0.471. The lowest BCUT2D eigenvalue weighted by Crippen LogP contribution is -1.84. The smallest absolute Gasteiger partial charge is 0.0733 e. The van der Waals surface area contributed by atoms with Crippen molar-refractivity contribution in [1.82, 2.24) is 9.55 Å². The first-order chi connectivity index (χ1) is 7.30. The Morgan fingerprint density at radius 1 is 1.53 bits per heavy atom. The van der Waals surface area contributed by atoms with Crippen LogP contribution in [0.25, 0.3) is 10.9 Å². The van der Waals surface area contributed by atoms with Gasteiger partial charge in [0.2, 0.25) is 0 Å². The van der Waals surface area contributed by atoms with Crippen molar-refractivity contribution in [2.75, 3.05) is 6.26 Å². The molecule has 15 heavy (non-hydrogen) atoms. The van der Waals surface area contributed by atoms with Crippen molar-refractivity contribution in [2.24, 2.45) is 0 Å². The summed E-state index contributed by atoms with van der Waals surface area (Å²) in [7, 11) is 0. The summed E-state index contributed by atoms with van der Waals surface area (Å²) in [5.41, 5.74) is 2.47. The molecule has 80 valence electrons. The highest BCUT2D eigenvalue weighted by atomic mass is 127. The van der Waals surface area contributed by atoms with Crippen LogP contribution in [0.2, 0.25) is 0 Å². The Morgan fingerprint density at radius 3 is 2.93 bits per heavy atom. The van der Waals surface area contributed by atoms with E-state index in [0.717, 1.165) is 6.42 Å². The number of aromatic nitrogens is 2. The SMILES string of the molecule is CCc1nn(PI)c2ccc(SC)cc12. The molecule has 5 heteroatoms. The Kier molecular flexibility index (Phi) is 3.91. The van der Waals surface area contributed by atoms with E-state index in [0.29, 0.717) is 6.37 Å². The van der Waals surface area contributed by atoms with Gasteiger partial charge in [-0.15, -0.1) is 11.8 Å². The predicted molar refractivity (Wildman–Crippen MR) is 78.6 cm³/mol. The first-order valence-corrected chi connectivity index (χ1v) is 10.0. The summed E-state index contributed by atoms with van der Waals surface area (Å²) in [5, 5.41) is 5.93. The van der Waals surface area contributed by atoms with E-state index in [1.54, 1.807) is 11.8 Å². The molecule has 0 aliphatic heterocycles. The second kappa shape index (κ2) is 5.02. The lowest BCUT2D eigenvalue weighted by molar-refractivity contribution is 0.948. The molecule has 0 bridgehead atoms. The van der Waals surface area contributed by atoms with E-state index in [4.69, 9.17) is 0 Å². The molecule has 1 atom stereocenters. The number of nitrogens with zero attached hydrogens (tertiary/aromatic N) is 2. The standard InChI is InChI=1S/C10H12IN2PS/c1-3-9-8-6-7(15-2)4-5-10(8)13(12-9)14-11/h4-6,14H,3H2,1-2H3. The van der Waals surface area contributed by atoms with Crippen LogP contribution in [0.5, 0.6) is 0 Å². The van der Waals surface area contributed by atoms with E-state index in [2.05, 4.69) is 63.0 Å². The molecule has 0 fully saturated rings. The highest BCUT2D eigenvalue weighted by molar-refractivity contribution is 14.2. The van der Waals surface area contributed by atoms with Gasteiger partial charge in [-0.3, -0.25) is 0 Å². The molecule has 1 unspecified atom stereocenters. The van der Waals surface area contributed by atoms with Gasteiger partial charge < -0.3 is 0 Å². The van der Waals surface area contributed by atoms with Crippen molar-refractivity contribution in [2.45, 2.75) is 18.2 Å². The van der Waals surface area contributed by atoms with Gasteiger partial charge in [0.05, 0.1) is 17.6 Å². The van der Waals surface area contributed by atoms with Crippen LogP contribution in [-0.2, 0) is 6.42 Å². The summed E-state index contributed by atoms with van der Waals surface area (Å²) in [4.78, 5) is 1.31. The Hall–Kier alpha value is 0.200. The van der Waals surface area contributed by atoms with E-state index in [1.165, 1.54) is 21.5 Å². The van der Waals surface area contributed by atoms with Crippen LogP contribution in [0.15, 0.2) is 23.1 Å². The van der Waals surface area contributed by atoms with Crippen molar-refractivity contribution >= 4 is 51.1 Å². The molecule has 0 spiro atoms. The fourth-order valence-electron chi connectivity index (χ4n) is 1.61. The molecule has 0 aliphatic carbocycles. The van der Waals surface area contributed by atoms with Crippen LogP contribution in [0.1, 0.15) is 12.6 Å². The third-order valence-electron chi connectivity index (χ3n) is 2.38. The summed E-state index contributed by atoms with van der Waals surface area (Å²) in [5.74, 6) is 0. The number of rotatable bonds is 3. The zero-order chi connectivity index (χ0) is 10.8. The fourth-order valence-corrected chi connectivity index (χ4v) is 3.60. The first-order valence-electron chi connectivity index (χ1n) is 4.72. The minimum atomic E-state index is 0.674. The zero-order valence-electron chi connectivity index (χ0n) is 8.62. The summed E-state index contributed by atoms with van der Waals surface area (Å²) in [6.45, 7) is 2.16. The second-order valence-electron chi connectivity index (χ2n) is 3.18. The maximum absolute atomic E-state index is 4.61. The second-order valence-corrected chi connectivity index (χ2v) is 6.10. The molecule has 2 nitrogen and oxygen atoms in total. The molecule has 2 rings (SSSR count). The molecular formula is C10H12IN2PS. The summed E-state index contributed by atoms with van der Waals surface area (Å²) < 4.78 is 2.10. The van der Waals surface area contributed by atoms with Crippen molar-refractivity contribution < 1.29 is 0 Å². The van der Waals surface area contributed by atoms with Crippen molar-refractivity contribution in [3.8, 4) is 0 Å². The topological polar surface area (TPSA) is 17.8 Å². The molecule has 0 amide bonds. The van der Waals surface area contributed by atoms with Gasteiger partial charge >= 0.3 is 0 Å². The van der Waals surface area contributed by atoms with Crippen LogP contribution < -0.4 is 0 Å². The van der Waals surface area contributed by atoms with Crippen LogP contribution >= 0.6 is 40.2 Å². The number of hydrogen-bond acceptors (Lipinski definition) is 2. The normalized spacial score (nSPS) is 11.9. The van der Waals surface area contributed by atoms with Gasteiger partial charge in [0.25, 0.3) is 0 Å². The van der Waals surface area contributed by atoms with Gasteiger partial charge in [-0.05, 0) is 52.9 Å². The maximum atomic E-state index is 4.61. The zero-order valence-corrected chi connectivity index (χ0v) is 12.6. The molecule has 2 aromatic rings. The number of fused-ring (bicyclic) bond motifs is 1. The van der Waals surface area contributed by atoms with E-state index in [1.807, 2.05) is 0 Å².